The number of carbonyl (C=O) groups excluding carboxylic acids is 1. The molecule has 2 rings (SSSR count). The number of aryl methyl sites for hydroxylation is 1. The molecule has 1 atom stereocenters. The number of hydrogen-bond acceptors (Lipinski definition) is 4. The van der Waals surface area contributed by atoms with Crippen LogP contribution in [0.15, 0.2) is 42.5 Å². The van der Waals surface area contributed by atoms with E-state index in [2.05, 4.69) is 16.0 Å². The van der Waals surface area contributed by atoms with Gasteiger partial charge in [0.15, 0.2) is 0 Å². The average molecular weight is 371 g/mol. The molecule has 0 heterocycles. The number of phenolic OH excluding ortho intramolecular Hbond substituents is 1. The van der Waals surface area contributed by atoms with Gasteiger partial charge in [0.1, 0.15) is 11.5 Å². The minimum absolute atomic E-state index is 0.109. The lowest BCUT2D eigenvalue weighted by molar-refractivity contribution is 0.239. The number of ether oxygens (including phenoxy) is 1. The van der Waals surface area contributed by atoms with E-state index in [4.69, 9.17) is 4.74 Å². The number of aromatic hydroxyl groups is 1. The van der Waals surface area contributed by atoms with Crippen LogP contribution in [-0.2, 0) is 12.8 Å². The van der Waals surface area contributed by atoms with Gasteiger partial charge in [-0.15, -0.1) is 0 Å². The third kappa shape index (κ3) is 6.83. The summed E-state index contributed by atoms with van der Waals surface area (Å²) in [6, 6.07) is 13.1. The number of likely N-dealkylation sites (N-methyl/N-ethyl adjacent to an activating group) is 1. The van der Waals surface area contributed by atoms with Gasteiger partial charge in [-0.2, -0.15) is 0 Å². The molecule has 0 saturated heterocycles. The summed E-state index contributed by atoms with van der Waals surface area (Å²) in [7, 11) is 3.53. The Bertz CT molecular complexity index is 732. The van der Waals surface area contributed by atoms with Crippen molar-refractivity contribution >= 4 is 6.03 Å². The van der Waals surface area contributed by atoms with Crippen molar-refractivity contribution < 1.29 is 14.6 Å². The maximum atomic E-state index is 12.0. The highest BCUT2D eigenvalue weighted by Gasteiger charge is 2.10. The lowest BCUT2D eigenvalue weighted by atomic mass is 10.1. The van der Waals surface area contributed by atoms with Gasteiger partial charge < -0.3 is 25.8 Å². The number of rotatable bonds is 9. The van der Waals surface area contributed by atoms with Crippen LogP contribution in [0.1, 0.15) is 16.7 Å². The van der Waals surface area contributed by atoms with Crippen molar-refractivity contribution in [3.63, 3.8) is 0 Å². The van der Waals surface area contributed by atoms with Crippen LogP contribution in [0.4, 0.5) is 4.79 Å². The Morgan fingerprint density at radius 1 is 1.15 bits per heavy atom. The maximum absolute atomic E-state index is 12.0. The molecular weight excluding hydrogens is 342 g/mol. The first kappa shape index (κ1) is 20.6. The molecule has 0 saturated carbocycles. The Balaban J connectivity index is 1.74. The van der Waals surface area contributed by atoms with E-state index in [0.717, 1.165) is 28.9 Å². The van der Waals surface area contributed by atoms with Crippen LogP contribution in [0.25, 0.3) is 0 Å². The van der Waals surface area contributed by atoms with Gasteiger partial charge in [-0.1, -0.05) is 24.3 Å². The number of benzene rings is 2. The smallest absolute Gasteiger partial charge is 0.314 e. The Morgan fingerprint density at radius 2 is 1.89 bits per heavy atom. The molecule has 0 unspecified atom stereocenters. The lowest BCUT2D eigenvalue weighted by Gasteiger charge is -2.17. The van der Waals surface area contributed by atoms with Gasteiger partial charge in [0.25, 0.3) is 0 Å². The van der Waals surface area contributed by atoms with Crippen LogP contribution >= 0.6 is 0 Å². The van der Waals surface area contributed by atoms with Crippen molar-refractivity contribution in [1.29, 1.82) is 0 Å². The topological polar surface area (TPSA) is 82.6 Å². The van der Waals surface area contributed by atoms with E-state index in [1.807, 2.05) is 44.3 Å². The molecule has 2 amide bonds. The second-order valence-corrected chi connectivity index (χ2v) is 6.56. The summed E-state index contributed by atoms with van der Waals surface area (Å²) in [6.45, 7) is 3.07. The number of nitrogens with one attached hydrogen (secondary N) is 3. The number of hydrogen-bond donors (Lipinski definition) is 4. The molecule has 6 heteroatoms. The Labute approximate surface area is 160 Å². The highest BCUT2D eigenvalue weighted by atomic mass is 16.5. The number of carbonyl (C=O) groups is 1. The second-order valence-electron chi connectivity index (χ2n) is 6.56. The van der Waals surface area contributed by atoms with Crippen LogP contribution in [0.3, 0.4) is 0 Å². The van der Waals surface area contributed by atoms with Crippen LogP contribution in [-0.4, -0.2) is 44.4 Å². The van der Waals surface area contributed by atoms with Crippen molar-refractivity contribution in [2.75, 3.05) is 27.2 Å². The lowest BCUT2D eigenvalue weighted by Crippen LogP contribution is -2.44. The first-order valence-electron chi connectivity index (χ1n) is 9.12. The minimum Gasteiger partial charge on any atom is -0.508 e. The standard InChI is InChI=1S/C21H29N3O3/c1-15-4-7-17(20(12-15)27-3)10-11-23-21(26)24-14-18(22-2)13-16-5-8-19(25)9-6-16/h4-9,12,18,22,25H,10-11,13-14H2,1-3H3,(H2,23,24,26)/t18-/m0/s1. The van der Waals surface area contributed by atoms with Gasteiger partial charge in [-0.05, 0) is 61.7 Å². The molecule has 6 nitrogen and oxygen atoms in total. The second kappa shape index (κ2) is 10.4. The van der Waals surface area contributed by atoms with Crippen LogP contribution in [0, 0.1) is 6.92 Å². The molecule has 146 valence electrons. The van der Waals surface area contributed by atoms with Gasteiger partial charge in [0.05, 0.1) is 7.11 Å². The normalized spacial score (nSPS) is 11.7. The molecule has 0 radical (unpaired) electrons. The number of amides is 2. The molecule has 0 aliphatic carbocycles. The molecule has 0 aliphatic heterocycles. The van der Waals surface area contributed by atoms with Gasteiger partial charge >= 0.3 is 6.03 Å². The molecule has 2 aromatic rings. The Morgan fingerprint density at radius 3 is 2.56 bits per heavy atom. The summed E-state index contributed by atoms with van der Waals surface area (Å²) >= 11 is 0. The van der Waals surface area contributed by atoms with E-state index in [1.54, 1.807) is 19.2 Å². The molecule has 27 heavy (non-hydrogen) atoms. The third-order valence-electron chi connectivity index (χ3n) is 4.46. The number of methoxy groups -OCH3 is 1. The molecule has 0 spiro atoms. The highest BCUT2D eigenvalue weighted by Crippen LogP contribution is 2.20. The van der Waals surface area contributed by atoms with E-state index in [9.17, 15) is 9.90 Å². The minimum atomic E-state index is -0.188. The average Bonchev–Trinajstić information content (AvgIpc) is 2.67. The van der Waals surface area contributed by atoms with Crippen LogP contribution in [0.5, 0.6) is 11.5 Å². The van der Waals surface area contributed by atoms with Crippen molar-refractivity contribution in [2.45, 2.75) is 25.8 Å². The zero-order chi connectivity index (χ0) is 19.6. The summed E-state index contributed by atoms with van der Waals surface area (Å²) in [6.07, 6.45) is 1.47. The molecule has 2 aromatic carbocycles. The molecule has 0 fully saturated rings. The predicted octanol–water partition coefficient (Wildman–Crippen LogP) is 2.38. The zero-order valence-corrected chi connectivity index (χ0v) is 16.2. The Hall–Kier alpha value is -2.73. The van der Waals surface area contributed by atoms with Crippen LogP contribution in [0.2, 0.25) is 0 Å². The van der Waals surface area contributed by atoms with Crippen molar-refractivity contribution in [3.05, 3.63) is 59.2 Å². The van der Waals surface area contributed by atoms with E-state index >= 15 is 0 Å². The Kier molecular flexibility index (Phi) is 7.95. The molecule has 0 aromatic heterocycles. The largest absolute Gasteiger partial charge is 0.508 e. The molecular formula is C21H29N3O3. The first-order chi connectivity index (χ1) is 13.0. The van der Waals surface area contributed by atoms with Gasteiger partial charge in [-0.3, -0.25) is 0 Å². The number of urea groups is 1. The van der Waals surface area contributed by atoms with Crippen molar-refractivity contribution in [3.8, 4) is 11.5 Å². The monoisotopic (exact) mass is 371 g/mol. The maximum Gasteiger partial charge on any atom is 0.314 e. The van der Waals surface area contributed by atoms with Gasteiger partial charge in [-0.25, -0.2) is 4.79 Å². The molecule has 0 aliphatic rings. The van der Waals surface area contributed by atoms with Crippen molar-refractivity contribution in [2.24, 2.45) is 0 Å². The van der Waals surface area contributed by atoms with E-state index in [1.165, 1.54) is 0 Å². The summed E-state index contributed by atoms with van der Waals surface area (Å²) in [5.41, 5.74) is 3.32. The first-order valence-corrected chi connectivity index (χ1v) is 9.12. The van der Waals surface area contributed by atoms with E-state index < -0.39 is 0 Å². The SMILES string of the molecule is CN[C@H](CNC(=O)NCCc1ccc(C)cc1OC)Cc1ccc(O)cc1. The van der Waals surface area contributed by atoms with Crippen LogP contribution < -0.4 is 20.7 Å². The molecule has 4 N–H and O–H groups in total. The van der Waals surface area contributed by atoms with E-state index in [-0.39, 0.29) is 17.8 Å². The summed E-state index contributed by atoms with van der Waals surface area (Å²) in [5.74, 6) is 1.10. The number of phenols is 1. The summed E-state index contributed by atoms with van der Waals surface area (Å²) in [4.78, 5) is 12.0. The van der Waals surface area contributed by atoms with Gasteiger partial charge in [0.2, 0.25) is 0 Å². The van der Waals surface area contributed by atoms with Crippen molar-refractivity contribution in [1.82, 2.24) is 16.0 Å². The predicted molar refractivity (Wildman–Crippen MR) is 107 cm³/mol. The highest BCUT2D eigenvalue weighted by molar-refractivity contribution is 5.73. The quantitative estimate of drug-likeness (QED) is 0.545. The summed E-state index contributed by atoms with van der Waals surface area (Å²) < 4.78 is 5.39. The fraction of sp³-hybridized carbons (Fsp3) is 0.381. The fourth-order valence-corrected chi connectivity index (χ4v) is 2.84. The fourth-order valence-electron chi connectivity index (χ4n) is 2.84. The third-order valence-corrected chi connectivity index (χ3v) is 4.46. The van der Waals surface area contributed by atoms with E-state index in [0.29, 0.717) is 19.5 Å². The molecule has 0 bridgehead atoms. The zero-order valence-electron chi connectivity index (χ0n) is 16.2. The van der Waals surface area contributed by atoms with Gasteiger partial charge in [0, 0.05) is 19.1 Å². The summed E-state index contributed by atoms with van der Waals surface area (Å²) in [5, 5.41) is 18.3.